The van der Waals surface area contributed by atoms with Gasteiger partial charge in [0.25, 0.3) is 5.91 Å². The van der Waals surface area contributed by atoms with Gasteiger partial charge in [0.05, 0.1) is 19.4 Å². The predicted octanol–water partition coefficient (Wildman–Crippen LogP) is 4.17. The number of halogens is 1. The fourth-order valence-electron chi connectivity index (χ4n) is 2.09. The largest absolute Gasteiger partial charge is 0.493 e. The number of ether oxygens (including phenoxy) is 2. The molecule has 0 atom stereocenters. The van der Waals surface area contributed by atoms with Crippen molar-refractivity contribution in [2.45, 2.75) is 26.7 Å². The maximum atomic E-state index is 12.9. The Balaban J connectivity index is 2.06. The van der Waals surface area contributed by atoms with Crippen molar-refractivity contribution in [3.05, 3.63) is 59.4 Å². The highest BCUT2D eigenvalue weighted by Crippen LogP contribution is 2.24. The summed E-state index contributed by atoms with van der Waals surface area (Å²) in [6.45, 7) is 5.27. The number of hydrogen-bond acceptors (Lipinski definition) is 4. The molecular weight excluding hydrogens is 335 g/mol. The lowest BCUT2D eigenvalue weighted by Gasteiger charge is -2.11. The van der Waals surface area contributed by atoms with Gasteiger partial charge in [-0.1, -0.05) is 13.8 Å². The topological polar surface area (TPSA) is 59.9 Å². The van der Waals surface area contributed by atoms with Gasteiger partial charge in [-0.2, -0.15) is 5.10 Å². The molecule has 0 saturated heterocycles. The lowest BCUT2D eigenvalue weighted by atomic mass is 10.2. The van der Waals surface area contributed by atoms with Crippen molar-refractivity contribution in [2.24, 2.45) is 5.10 Å². The second kappa shape index (κ2) is 10.2. The Labute approximate surface area is 152 Å². The van der Waals surface area contributed by atoms with Gasteiger partial charge < -0.3 is 9.47 Å². The summed E-state index contributed by atoms with van der Waals surface area (Å²) in [4.78, 5) is 12.0. The summed E-state index contributed by atoms with van der Waals surface area (Å²) in [5.74, 6) is 0.555. The molecule has 0 aliphatic heterocycles. The van der Waals surface area contributed by atoms with Gasteiger partial charge in [-0.25, -0.2) is 9.82 Å². The van der Waals surface area contributed by atoms with Crippen molar-refractivity contribution in [1.82, 2.24) is 5.43 Å². The first kappa shape index (κ1) is 19.4. The smallest absolute Gasteiger partial charge is 0.271 e. The second-order valence-corrected chi connectivity index (χ2v) is 5.60. The van der Waals surface area contributed by atoms with Crippen molar-refractivity contribution in [2.75, 3.05) is 13.2 Å². The number of carbonyl (C=O) groups excluding carboxylic acids is 1. The van der Waals surface area contributed by atoms with Crippen LogP contribution in [0.2, 0.25) is 0 Å². The molecule has 0 unspecified atom stereocenters. The molecule has 0 aliphatic carbocycles. The van der Waals surface area contributed by atoms with Gasteiger partial charge in [-0.05, 0) is 49.2 Å². The van der Waals surface area contributed by atoms with Crippen LogP contribution in [0, 0.1) is 5.82 Å². The van der Waals surface area contributed by atoms with E-state index in [2.05, 4.69) is 10.5 Å². The van der Waals surface area contributed by atoms with E-state index in [9.17, 15) is 9.18 Å². The van der Waals surface area contributed by atoms with Crippen LogP contribution in [0.25, 0.3) is 0 Å². The maximum Gasteiger partial charge on any atom is 0.271 e. The Morgan fingerprint density at radius 2 is 1.77 bits per heavy atom. The number of nitrogens with one attached hydrogen (secondary N) is 1. The minimum atomic E-state index is -0.417. The minimum absolute atomic E-state index is 0.328. The van der Waals surface area contributed by atoms with Crippen molar-refractivity contribution >= 4 is 12.1 Å². The van der Waals surface area contributed by atoms with Crippen LogP contribution in [0.4, 0.5) is 4.39 Å². The first-order valence-electron chi connectivity index (χ1n) is 8.62. The van der Waals surface area contributed by atoms with Gasteiger partial charge in [0.2, 0.25) is 0 Å². The Bertz CT molecular complexity index is 745. The highest BCUT2D eigenvalue weighted by Gasteiger charge is 2.06. The number of benzene rings is 2. The summed E-state index contributed by atoms with van der Waals surface area (Å²) in [7, 11) is 0. The van der Waals surface area contributed by atoms with E-state index < -0.39 is 11.7 Å². The lowest BCUT2D eigenvalue weighted by molar-refractivity contribution is 0.0955. The number of nitrogens with zero attached hydrogens (tertiary/aromatic N) is 1. The van der Waals surface area contributed by atoms with Gasteiger partial charge in [0.15, 0.2) is 0 Å². The molecule has 2 aromatic carbocycles. The van der Waals surface area contributed by atoms with Gasteiger partial charge >= 0.3 is 0 Å². The van der Waals surface area contributed by atoms with Gasteiger partial charge in [0.1, 0.15) is 17.3 Å². The third-order valence-electron chi connectivity index (χ3n) is 3.40. The van der Waals surface area contributed by atoms with Crippen LogP contribution in [0.15, 0.2) is 47.6 Å². The number of hydrogen-bond donors (Lipinski definition) is 1. The number of rotatable bonds is 9. The van der Waals surface area contributed by atoms with E-state index in [0.29, 0.717) is 24.5 Å². The standard InChI is InChI=1S/C20H23FN2O3/c1-3-11-25-18-10-7-16(19(13-18)26-12-4-2)14-22-23-20(24)15-5-8-17(21)9-6-15/h5-10,13-14H,3-4,11-12H2,1-2H3,(H,23,24)/b22-14-. The van der Waals surface area contributed by atoms with Crippen molar-refractivity contribution < 1.29 is 18.7 Å². The monoisotopic (exact) mass is 358 g/mol. The van der Waals surface area contributed by atoms with E-state index >= 15 is 0 Å². The molecule has 6 heteroatoms. The zero-order valence-corrected chi connectivity index (χ0v) is 15.0. The molecule has 0 bridgehead atoms. The molecule has 5 nitrogen and oxygen atoms in total. The molecule has 2 rings (SSSR count). The molecule has 2 aromatic rings. The number of carbonyl (C=O) groups is 1. The lowest BCUT2D eigenvalue weighted by Crippen LogP contribution is -2.17. The Morgan fingerprint density at radius 3 is 2.46 bits per heavy atom. The predicted molar refractivity (Wildman–Crippen MR) is 99.5 cm³/mol. The Hall–Kier alpha value is -2.89. The van der Waals surface area contributed by atoms with Crippen LogP contribution < -0.4 is 14.9 Å². The molecule has 0 aromatic heterocycles. The first-order valence-corrected chi connectivity index (χ1v) is 8.62. The SMILES string of the molecule is CCCOc1ccc(/C=N\NC(=O)c2ccc(F)cc2)c(OCCC)c1. The van der Waals surface area contributed by atoms with Gasteiger partial charge in [-0.3, -0.25) is 4.79 Å². The second-order valence-electron chi connectivity index (χ2n) is 5.60. The fraction of sp³-hybridized carbons (Fsp3) is 0.300. The highest BCUT2D eigenvalue weighted by molar-refractivity contribution is 5.95. The van der Waals surface area contributed by atoms with Gasteiger partial charge in [-0.15, -0.1) is 0 Å². The van der Waals surface area contributed by atoms with Crippen LogP contribution in [0.3, 0.4) is 0 Å². The third kappa shape index (κ3) is 5.88. The quantitative estimate of drug-likeness (QED) is 0.541. The Morgan fingerprint density at radius 1 is 1.08 bits per heavy atom. The van der Waals surface area contributed by atoms with Crippen LogP contribution in [-0.2, 0) is 0 Å². The number of amides is 1. The molecule has 1 N–H and O–H groups in total. The Kier molecular flexibility index (Phi) is 7.61. The summed E-state index contributed by atoms with van der Waals surface area (Å²) in [6, 6.07) is 10.7. The van der Waals surface area contributed by atoms with E-state index in [4.69, 9.17) is 9.47 Å². The summed E-state index contributed by atoms with van der Waals surface area (Å²) in [5.41, 5.74) is 3.47. The van der Waals surface area contributed by atoms with E-state index in [-0.39, 0.29) is 0 Å². The van der Waals surface area contributed by atoms with Crippen LogP contribution in [0.5, 0.6) is 11.5 Å². The van der Waals surface area contributed by atoms with Crippen LogP contribution in [0.1, 0.15) is 42.6 Å². The molecule has 1 amide bonds. The average Bonchev–Trinajstić information content (AvgIpc) is 2.66. The molecule has 138 valence electrons. The van der Waals surface area contributed by atoms with Crippen molar-refractivity contribution in [3.8, 4) is 11.5 Å². The van der Waals surface area contributed by atoms with E-state index in [1.165, 1.54) is 30.5 Å². The van der Waals surface area contributed by atoms with Crippen LogP contribution >= 0.6 is 0 Å². The van der Waals surface area contributed by atoms with Crippen LogP contribution in [-0.4, -0.2) is 25.3 Å². The van der Waals surface area contributed by atoms with Crippen molar-refractivity contribution in [3.63, 3.8) is 0 Å². The number of hydrazone groups is 1. The van der Waals surface area contributed by atoms with E-state index in [0.717, 1.165) is 24.2 Å². The zero-order valence-electron chi connectivity index (χ0n) is 15.0. The normalized spacial score (nSPS) is 10.7. The molecule has 0 saturated carbocycles. The summed E-state index contributed by atoms with van der Waals surface area (Å²) >= 11 is 0. The minimum Gasteiger partial charge on any atom is -0.493 e. The molecule has 0 radical (unpaired) electrons. The average molecular weight is 358 g/mol. The third-order valence-corrected chi connectivity index (χ3v) is 3.40. The van der Waals surface area contributed by atoms with E-state index in [1.54, 1.807) is 0 Å². The summed E-state index contributed by atoms with van der Waals surface area (Å²) < 4.78 is 24.2. The summed E-state index contributed by atoms with van der Waals surface area (Å²) in [5, 5.41) is 3.96. The molecule has 26 heavy (non-hydrogen) atoms. The molecule has 0 heterocycles. The van der Waals surface area contributed by atoms with E-state index in [1.807, 2.05) is 32.0 Å². The fourth-order valence-corrected chi connectivity index (χ4v) is 2.09. The molecular formula is C20H23FN2O3. The highest BCUT2D eigenvalue weighted by atomic mass is 19.1. The molecule has 0 aliphatic rings. The molecule has 0 spiro atoms. The van der Waals surface area contributed by atoms with Crippen molar-refractivity contribution in [1.29, 1.82) is 0 Å². The molecule has 0 fully saturated rings. The first-order chi connectivity index (χ1) is 12.6. The van der Waals surface area contributed by atoms with Gasteiger partial charge in [0, 0.05) is 17.2 Å². The summed E-state index contributed by atoms with van der Waals surface area (Å²) in [6.07, 6.45) is 3.30. The zero-order chi connectivity index (χ0) is 18.8. The maximum absolute atomic E-state index is 12.9.